The maximum Gasteiger partial charge on any atom is 0.256 e. The van der Waals surface area contributed by atoms with E-state index in [0.717, 1.165) is 4.47 Å². The summed E-state index contributed by atoms with van der Waals surface area (Å²) in [5.41, 5.74) is -0.401. The van der Waals surface area contributed by atoms with Gasteiger partial charge < -0.3 is 10.1 Å². The Hall–Kier alpha value is -1.54. The summed E-state index contributed by atoms with van der Waals surface area (Å²) < 4.78 is 6.02. The minimum absolute atomic E-state index is 0.297. The summed E-state index contributed by atoms with van der Waals surface area (Å²) in [7, 11) is 1.51. The molecule has 0 aliphatic heterocycles. The van der Waals surface area contributed by atoms with Crippen LogP contribution in [0.15, 0.2) is 22.7 Å². The topological polar surface area (TPSA) is 62.1 Å². The van der Waals surface area contributed by atoms with Gasteiger partial charge in [0, 0.05) is 4.47 Å². The second-order valence-corrected chi connectivity index (χ2v) is 5.12. The molecule has 1 rings (SSSR count). The molecule has 0 atom stereocenters. The Labute approximate surface area is 121 Å². The van der Waals surface area contributed by atoms with Crippen LogP contribution >= 0.6 is 15.9 Å². The first-order chi connectivity index (χ1) is 9.01. The third kappa shape index (κ3) is 3.48. The van der Waals surface area contributed by atoms with E-state index >= 15 is 0 Å². The summed E-state index contributed by atoms with van der Waals surface area (Å²) in [4.78, 5) is 12.3. The van der Waals surface area contributed by atoms with Crippen molar-refractivity contribution in [3.63, 3.8) is 0 Å². The average Bonchev–Trinajstić information content (AvgIpc) is 2.44. The van der Waals surface area contributed by atoms with Crippen LogP contribution in [0.1, 0.15) is 37.0 Å². The van der Waals surface area contributed by atoms with Gasteiger partial charge in [0.05, 0.1) is 18.7 Å². The standard InChI is InChI=1S/C14H17BrN2O2/c1-4-14(5-2,9-16)17-13(18)11-7-6-10(15)8-12(11)19-3/h6-8H,4-5H2,1-3H3,(H,17,18). The molecular weight excluding hydrogens is 308 g/mol. The van der Waals surface area contributed by atoms with Crippen LogP contribution in [0.3, 0.4) is 0 Å². The van der Waals surface area contributed by atoms with E-state index in [1.165, 1.54) is 7.11 Å². The Bertz CT molecular complexity index is 505. The van der Waals surface area contributed by atoms with E-state index in [9.17, 15) is 10.1 Å². The Morgan fingerprint density at radius 3 is 2.58 bits per heavy atom. The molecule has 0 aliphatic carbocycles. The van der Waals surface area contributed by atoms with Crippen molar-refractivity contribution in [1.82, 2.24) is 5.32 Å². The van der Waals surface area contributed by atoms with E-state index in [1.54, 1.807) is 18.2 Å². The number of benzene rings is 1. The first kappa shape index (κ1) is 15.5. The molecule has 0 unspecified atom stereocenters. The SMILES string of the molecule is CCC(C#N)(CC)NC(=O)c1ccc(Br)cc1OC. The molecule has 0 fully saturated rings. The van der Waals surface area contributed by atoms with E-state index in [4.69, 9.17) is 4.74 Å². The van der Waals surface area contributed by atoms with Gasteiger partial charge >= 0.3 is 0 Å². The second kappa shape index (κ2) is 6.58. The predicted molar refractivity (Wildman–Crippen MR) is 77.1 cm³/mol. The number of rotatable bonds is 5. The molecule has 0 bridgehead atoms. The van der Waals surface area contributed by atoms with Crippen LogP contribution in [-0.4, -0.2) is 18.6 Å². The zero-order valence-electron chi connectivity index (χ0n) is 11.3. The highest BCUT2D eigenvalue weighted by molar-refractivity contribution is 9.10. The van der Waals surface area contributed by atoms with Gasteiger partial charge in [-0.2, -0.15) is 5.26 Å². The van der Waals surface area contributed by atoms with Crippen LogP contribution in [0.2, 0.25) is 0 Å². The maximum absolute atomic E-state index is 12.3. The number of carbonyl (C=O) groups is 1. The fourth-order valence-corrected chi connectivity index (χ4v) is 2.09. The van der Waals surface area contributed by atoms with E-state index in [0.29, 0.717) is 24.2 Å². The van der Waals surface area contributed by atoms with Gasteiger partial charge in [-0.05, 0) is 31.0 Å². The van der Waals surface area contributed by atoms with Gasteiger partial charge in [0.2, 0.25) is 0 Å². The van der Waals surface area contributed by atoms with Crippen molar-refractivity contribution in [3.8, 4) is 11.8 Å². The van der Waals surface area contributed by atoms with Crippen molar-refractivity contribution >= 4 is 21.8 Å². The number of ether oxygens (including phenoxy) is 1. The molecule has 0 aliphatic rings. The first-order valence-corrected chi connectivity index (χ1v) is 6.88. The van der Waals surface area contributed by atoms with Crippen molar-refractivity contribution in [2.24, 2.45) is 0 Å². The van der Waals surface area contributed by atoms with Gasteiger partial charge in [-0.1, -0.05) is 29.8 Å². The monoisotopic (exact) mass is 324 g/mol. The van der Waals surface area contributed by atoms with Crippen LogP contribution in [0.25, 0.3) is 0 Å². The Morgan fingerprint density at radius 1 is 1.47 bits per heavy atom. The number of hydrogen-bond donors (Lipinski definition) is 1. The van der Waals surface area contributed by atoms with Gasteiger partial charge in [0.1, 0.15) is 11.3 Å². The molecule has 4 nitrogen and oxygen atoms in total. The number of halogens is 1. The van der Waals surface area contributed by atoms with E-state index < -0.39 is 5.54 Å². The Morgan fingerprint density at radius 2 is 2.11 bits per heavy atom. The van der Waals surface area contributed by atoms with E-state index in [1.807, 2.05) is 13.8 Å². The molecule has 0 saturated heterocycles. The molecule has 5 heteroatoms. The largest absolute Gasteiger partial charge is 0.496 e. The highest BCUT2D eigenvalue weighted by atomic mass is 79.9. The van der Waals surface area contributed by atoms with Crippen LogP contribution < -0.4 is 10.1 Å². The third-order valence-corrected chi connectivity index (χ3v) is 3.68. The summed E-state index contributed by atoms with van der Waals surface area (Å²) >= 11 is 3.32. The molecule has 0 spiro atoms. The second-order valence-electron chi connectivity index (χ2n) is 4.20. The van der Waals surface area contributed by atoms with E-state index in [-0.39, 0.29) is 5.91 Å². The maximum atomic E-state index is 12.3. The lowest BCUT2D eigenvalue weighted by Crippen LogP contribution is -2.46. The van der Waals surface area contributed by atoms with Crippen molar-refractivity contribution in [3.05, 3.63) is 28.2 Å². The Kier molecular flexibility index (Phi) is 5.37. The van der Waals surface area contributed by atoms with Crippen LogP contribution in [0.5, 0.6) is 5.75 Å². The summed E-state index contributed by atoms with van der Waals surface area (Å²) in [6, 6.07) is 7.35. The van der Waals surface area contributed by atoms with Gasteiger partial charge in [-0.15, -0.1) is 0 Å². The average molecular weight is 325 g/mol. The number of nitrogens with zero attached hydrogens (tertiary/aromatic N) is 1. The Balaban J connectivity index is 3.05. The van der Waals surface area contributed by atoms with Crippen LogP contribution in [-0.2, 0) is 0 Å². The minimum Gasteiger partial charge on any atom is -0.496 e. The fraction of sp³-hybridized carbons (Fsp3) is 0.429. The normalized spacial score (nSPS) is 10.7. The molecule has 1 amide bonds. The number of amides is 1. The van der Waals surface area contributed by atoms with Crippen LogP contribution in [0.4, 0.5) is 0 Å². The lowest BCUT2D eigenvalue weighted by Gasteiger charge is -2.25. The smallest absolute Gasteiger partial charge is 0.256 e. The van der Waals surface area contributed by atoms with Crippen molar-refractivity contribution in [2.45, 2.75) is 32.2 Å². The lowest BCUT2D eigenvalue weighted by atomic mass is 9.94. The first-order valence-electron chi connectivity index (χ1n) is 6.09. The van der Waals surface area contributed by atoms with E-state index in [2.05, 4.69) is 27.3 Å². The summed E-state index contributed by atoms with van der Waals surface area (Å²) in [6.45, 7) is 3.76. The number of carbonyl (C=O) groups excluding carboxylic acids is 1. The van der Waals surface area contributed by atoms with Gasteiger partial charge in [0.25, 0.3) is 5.91 Å². The number of hydrogen-bond acceptors (Lipinski definition) is 3. The molecule has 0 heterocycles. The lowest BCUT2D eigenvalue weighted by molar-refractivity contribution is 0.0912. The molecule has 102 valence electrons. The molecule has 1 aromatic rings. The van der Waals surface area contributed by atoms with Crippen molar-refractivity contribution in [1.29, 1.82) is 5.26 Å². The molecule has 1 aromatic carbocycles. The summed E-state index contributed by atoms with van der Waals surface area (Å²) in [6.07, 6.45) is 1.12. The molecule has 0 radical (unpaired) electrons. The number of nitriles is 1. The summed E-state index contributed by atoms with van der Waals surface area (Å²) in [5, 5.41) is 12.0. The fourth-order valence-electron chi connectivity index (χ4n) is 1.75. The zero-order chi connectivity index (χ0) is 14.5. The molecular formula is C14H17BrN2O2. The minimum atomic E-state index is -0.824. The van der Waals surface area contributed by atoms with Crippen LogP contribution in [0, 0.1) is 11.3 Å². The number of nitrogens with one attached hydrogen (secondary N) is 1. The van der Waals surface area contributed by atoms with Gasteiger partial charge in [-0.3, -0.25) is 4.79 Å². The molecule has 0 aromatic heterocycles. The molecule has 19 heavy (non-hydrogen) atoms. The van der Waals surface area contributed by atoms with Crippen molar-refractivity contribution in [2.75, 3.05) is 7.11 Å². The van der Waals surface area contributed by atoms with Gasteiger partial charge in [0.15, 0.2) is 0 Å². The zero-order valence-corrected chi connectivity index (χ0v) is 12.9. The van der Waals surface area contributed by atoms with Gasteiger partial charge in [-0.25, -0.2) is 0 Å². The number of methoxy groups -OCH3 is 1. The third-order valence-electron chi connectivity index (χ3n) is 3.18. The predicted octanol–water partition coefficient (Wildman–Crippen LogP) is 3.27. The van der Waals surface area contributed by atoms with Crippen molar-refractivity contribution < 1.29 is 9.53 Å². The quantitative estimate of drug-likeness (QED) is 0.904. The highest BCUT2D eigenvalue weighted by Gasteiger charge is 2.29. The molecule has 0 saturated carbocycles. The summed E-state index contributed by atoms with van der Waals surface area (Å²) in [5.74, 6) is 0.181. The molecule has 1 N–H and O–H groups in total. The highest BCUT2D eigenvalue weighted by Crippen LogP contribution is 2.24.